The number of nitro groups is 1. The number of carbonyl (C=O) groups is 2. The number of anilines is 1. The number of hydrogen-bond donors (Lipinski definition) is 3. The van der Waals surface area contributed by atoms with Gasteiger partial charge < -0.3 is 10.6 Å². The van der Waals surface area contributed by atoms with Crippen molar-refractivity contribution in [1.29, 1.82) is 0 Å². The van der Waals surface area contributed by atoms with Gasteiger partial charge in [-0.05, 0) is 66.7 Å². The minimum atomic E-state index is -0.490. The van der Waals surface area contributed by atoms with Gasteiger partial charge in [-0.25, -0.2) is 0 Å². The number of carbonyl (C=O) groups excluding carboxylic acids is 2. The van der Waals surface area contributed by atoms with E-state index in [1.165, 1.54) is 24.3 Å². The van der Waals surface area contributed by atoms with Gasteiger partial charge in [0.25, 0.3) is 11.6 Å². The molecule has 0 aliphatic heterocycles. The van der Waals surface area contributed by atoms with Gasteiger partial charge in [-0.15, -0.1) is 0 Å². The predicted molar refractivity (Wildman–Crippen MR) is 120 cm³/mol. The normalized spacial score (nSPS) is 10.4. The van der Waals surface area contributed by atoms with Crippen LogP contribution in [0.3, 0.4) is 0 Å². The van der Waals surface area contributed by atoms with E-state index in [0.717, 1.165) is 12.8 Å². The Kier molecular flexibility index (Phi) is 8.64. The Morgan fingerprint density at radius 1 is 1.10 bits per heavy atom. The first kappa shape index (κ1) is 22.7. The summed E-state index contributed by atoms with van der Waals surface area (Å²) in [6, 6.07) is 12.5. The van der Waals surface area contributed by atoms with Crippen LogP contribution in [-0.4, -0.2) is 28.4 Å². The Bertz CT molecular complexity index is 940. The van der Waals surface area contributed by atoms with E-state index < -0.39 is 10.8 Å². The number of unbranched alkanes of at least 4 members (excludes halogenated alkanes) is 1. The molecule has 0 radical (unpaired) electrons. The van der Waals surface area contributed by atoms with Crippen molar-refractivity contribution in [2.24, 2.45) is 0 Å². The maximum Gasteiger partial charge on any atom is 0.269 e. The third-order valence-corrected chi connectivity index (χ3v) is 4.19. The van der Waals surface area contributed by atoms with E-state index in [0.29, 0.717) is 23.4 Å². The van der Waals surface area contributed by atoms with E-state index in [9.17, 15) is 19.7 Å². The number of benzene rings is 2. The predicted octanol–water partition coefficient (Wildman–Crippen LogP) is 3.65. The molecule has 0 aromatic heterocycles. The number of rotatable bonds is 8. The number of nitro benzene ring substituents is 1. The second-order valence-corrected chi connectivity index (χ2v) is 6.72. The summed E-state index contributed by atoms with van der Waals surface area (Å²) in [5.74, 6) is -0.583. The van der Waals surface area contributed by atoms with Crippen molar-refractivity contribution < 1.29 is 14.5 Å². The van der Waals surface area contributed by atoms with Crippen LogP contribution >= 0.6 is 12.2 Å². The van der Waals surface area contributed by atoms with Gasteiger partial charge in [-0.2, -0.15) is 0 Å². The van der Waals surface area contributed by atoms with Crippen LogP contribution in [0.15, 0.2) is 54.6 Å². The van der Waals surface area contributed by atoms with Gasteiger partial charge in [-0.1, -0.05) is 13.3 Å². The van der Waals surface area contributed by atoms with Crippen LogP contribution in [0.1, 0.15) is 35.7 Å². The monoisotopic (exact) mass is 426 g/mol. The van der Waals surface area contributed by atoms with E-state index in [1.54, 1.807) is 36.4 Å². The number of amides is 2. The number of non-ortho nitro benzene ring substituents is 1. The number of nitrogens with one attached hydrogen (secondary N) is 3. The third kappa shape index (κ3) is 7.44. The molecule has 0 atom stereocenters. The Hall–Kier alpha value is -3.59. The number of nitrogens with zero attached hydrogens (tertiary/aromatic N) is 1. The average Bonchev–Trinajstić information content (AvgIpc) is 2.73. The Balaban J connectivity index is 1.83. The molecule has 3 N–H and O–H groups in total. The zero-order chi connectivity index (χ0) is 21.9. The molecule has 0 bridgehead atoms. The van der Waals surface area contributed by atoms with Crippen molar-refractivity contribution in [3.63, 3.8) is 0 Å². The van der Waals surface area contributed by atoms with Gasteiger partial charge in [0, 0.05) is 36.0 Å². The van der Waals surface area contributed by atoms with Crippen molar-refractivity contribution in [3.8, 4) is 0 Å². The fourth-order valence-corrected chi connectivity index (χ4v) is 2.60. The standard InChI is InChI=1S/C21H22N4O4S/c1-2-3-14-22-20(27)16-7-9-17(10-8-16)23-21(30)24-19(26)13-6-15-4-11-18(12-5-15)25(28)29/h4-13H,2-3,14H2,1H3,(H,22,27)(H2,23,24,26,30)/b13-6+. The van der Waals surface area contributed by atoms with Gasteiger partial charge in [0.1, 0.15) is 0 Å². The molecule has 0 aliphatic carbocycles. The van der Waals surface area contributed by atoms with Gasteiger partial charge in [0.05, 0.1) is 4.92 Å². The minimum absolute atomic E-state index is 0.0218. The highest BCUT2D eigenvalue weighted by molar-refractivity contribution is 7.80. The maximum absolute atomic E-state index is 12.0. The molecule has 0 unspecified atom stereocenters. The van der Waals surface area contributed by atoms with Crippen molar-refractivity contribution in [2.75, 3.05) is 11.9 Å². The van der Waals surface area contributed by atoms with Crippen LogP contribution in [-0.2, 0) is 4.79 Å². The molecule has 2 rings (SSSR count). The first-order chi connectivity index (χ1) is 14.4. The number of thiocarbonyl (C=S) groups is 1. The second-order valence-electron chi connectivity index (χ2n) is 6.31. The van der Waals surface area contributed by atoms with E-state index in [4.69, 9.17) is 12.2 Å². The molecule has 30 heavy (non-hydrogen) atoms. The smallest absolute Gasteiger partial charge is 0.269 e. The summed E-state index contributed by atoms with van der Waals surface area (Å²) in [6.07, 6.45) is 4.74. The van der Waals surface area contributed by atoms with Crippen LogP contribution in [0.4, 0.5) is 11.4 Å². The minimum Gasteiger partial charge on any atom is -0.352 e. The second kappa shape index (κ2) is 11.4. The first-order valence-corrected chi connectivity index (χ1v) is 9.72. The van der Waals surface area contributed by atoms with Crippen molar-refractivity contribution in [3.05, 3.63) is 75.8 Å². The first-order valence-electron chi connectivity index (χ1n) is 9.32. The highest BCUT2D eigenvalue weighted by Gasteiger charge is 2.06. The topological polar surface area (TPSA) is 113 Å². The van der Waals surface area contributed by atoms with Crippen molar-refractivity contribution >= 4 is 46.6 Å². The summed E-state index contributed by atoms with van der Waals surface area (Å²) in [6.45, 7) is 2.69. The molecule has 9 heteroatoms. The molecule has 0 spiro atoms. The zero-order valence-electron chi connectivity index (χ0n) is 16.4. The lowest BCUT2D eigenvalue weighted by molar-refractivity contribution is -0.384. The molecule has 0 saturated heterocycles. The molecular weight excluding hydrogens is 404 g/mol. The van der Waals surface area contributed by atoms with Gasteiger partial charge in [0.2, 0.25) is 5.91 Å². The summed E-state index contributed by atoms with van der Waals surface area (Å²) in [5, 5.41) is 19.0. The molecule has 8 nitrogen and oxygen atoms in total. The summed E-state index contributed by atoms with van der Waals surface area (Å²) in [5.41, 5.74) is 1.79. The average molecular weight is 426 g/mol. The Labute approximate surface area is 179 Å². The molecule has 2 aromatic carbocycles. The molecule has 0 fully saturated rings. The fourth-order valence-electron chi connectivity index (χ4n) is 2.38. The van der Waals surface area contributed by atoms with Crippen LogP contribution in [0, 0.1) is 10.1 Å². The van der Waals surface area contributed by atoms with Gasteiger partial charge in [-0.3, -0.25) is 25.0 Å². The third-order valence-electron chi connectivity index (χ3n) is 3.99. The van der Waals surface area contributed by atoms with Crippen LogP contribution in [0.25, 0.3) is 6.08 Å². The van der Waals surface area contributed by atoms with E-state index >= 15 is 0 Å². The molecule has 0 aliphatic rings. The van der Waals surface area contributed by atoms with E-state index in [-0.39, 0.29) is 16.7 Å². The van der Waals surface area contributed by atoms with Crippen molar-refractivity contribution in [1.82, 2.24) is 10.6 Å². The summed E-state index contributed by atoms with van der Waals surface area (Å²) < 4.78 is 0. The molecule has 0 heterocycles. The van der Waals surface area contributed by atoms with Gasteiger partial charge in [0.15, 0.2) is 5.11 Å². The highest BCUT2D eigenvalue weighted by atomic mass is 32.1. The molecule has 0 saturated carbocycles. The van der Waals surface area contributed by atoms with Crippen LogP contribution in [0.2, 0.25) is 0 Å². The van der Waals surface area contributed by atoms with E-state index in [1.807, 2.05) is 0 Å². The number of hydrogen-bond acceptors (Lipinski definition) is 5. The summed E-state index contributed by atoms with van der Waals surface area (Å²) in [7, 11) is 0. The Morgan fingerprint density at radius 3 is 2.37 bits per heavy atom. The zero-order valence-corrected chi connectivity index (χ0v) is 17.2. The summed E-state index contributed by atoms with van der Waals surface area (Å²) in [4.78, 5) is 34.1. The van der Waals surface area contributed by atoms with Crippen LogP contribution in [0.5, 0.6) is 0 Å². The van der Waals surface area contributed by atoms with Crippen LogP contribution < -0.4 is 16.0 Å². The molecular formula is C21H22N4O4S. The lowest BCUT2D eigenvalue weighted by Gasteiger charge is -2.09. The fraction of sp³-hybridized carbons (Fsp3) is 0.190. The lowest BCUT2D eigenvalue weighted by atomic mass is 10.2. The lowest BCUT2D eigenvalue weighted by Crippen LogP contribution is -2.32. The molecule has 2 amide bonds. The van der Waals surface area contributed by atoms with Gasteiger partial charge >= 0.3 is 0 Å². The Morgan fingerprint density at radius 2 is 1.77 bits per heavy atom. The molecule has 156 valence electrons. The molecule has 2 aromatic rings. The van der Waals surface area contributed by atoms with Crippen molar-refractivity contribution in [2.45, 2.75) is 19.8 Å². The van der Waals surface area contributed by atoms with E-state index in [2.05, 4.69) is 22.9 Å². The quantitative estimate of drug-likeness (QED) is 0.195. The summed E-state index contributed by atoms with van der Waals surface area (Å²) >= 11 is 5.11. The highest BCUT2D eigenvalue weighted by Crippen LogP contribution is 2.13. The SMILES string of the molecule is CCCCNC(=O)c1ccc(NC(=S)NC(=O)/C=C/c2ccc([N+](=O)[O-])cc2)cc1. The maximum atomic E-state index is 12.0. The largest absolute Gasteiger partial charge is 0.352 e.